The van der Waals surface area contributed by atoms with Crippen LogP contribution in [0.1, 0.15) is 45.7 Å². The van der Waals surface area contributed by atoms with Crippen molar-refractivity contribution >= 4 is 11.8 Å². The second-order valence-corrected chi connectivity index (χ2v) is 7.72. The Morgan fingerprint density at radius 2 is 1.88 bits per heavy atom. The summed E-state index contributed by atoms with van der Waals surface area (Å²) < 4.78 is 0.280. The van der Waals surface area contributed by atoms with E-state index in [1.165, 1.54) is 16.0 Å². The molecule has 0 fully saturated rings. The van der Waals surface area contributed by atoms with Crippen molar-refractivity contribution < 1.29 is 0 Å². The lowest BCUT2D eigenvalue weighted by molar-refractivity contribution is 0.588. The van der Waals surface area contributed by atoms with Gasteiger partial charge in [-0.15, -0.1) is 11.8 Å². The zero-order chi connectivity index (χ0) is 13.1. The van der Waals surface area contributed by atoms with Gasteiger partial charge in [0.05, 0.1) is 0 Å². The summed E-state index contributed by atoms with van der Waals surface area (Å²) in [5.41, 5.74) is 2.75. The van der Waals surface area contributed by atoms with Gasteiger partial charge in [-0.05, 0) is 24.1 Å². The number of hydrogen-bond donors (Lipinski definition) is 1. The van der Waals surface area contributed by atoms with Gasteiger partial charge in [0, 0.05) is 22.2 Å². The van der Waals surface area contributed by atoms with Gasteiger partial charge in [-0.3, -0.25) is 0 Å². The van der Waals surface area contributed by atoms with Gasteiger partial charge in [-0.25, -0.2) is 0 Å². The minimum Gasteiger partial charge on any atom is -0.310 e. The van der Waals surface area contributed by atoms with Gasteiger partial charge < -0.3 is 5.32 Å². The first-order valence-corrected chi connectivity index (χ1v) is 7.11. The number of aryl methyl sites for hydroxylation is 1. The Kier molecular flexibility index (Phi) is 5.08. The summed E-state index contributed by atoms with van der Waals surface area (Å²) in [6.07, 6.45) is 0. The monoisotopic (exact) mass is 251 g/mol. The summed E-state index contributed by atoms with van der Waals surface area (Å²) in [5.74, 6) is 0. The fourth-order valence-corrected chi connectivity index (χ4v) is 2.60. The van der Waals surface area contributed by atoms with E-state index in [4.69, 9.17) is 0 Å². The summed E-state index contributed by atoms with van der Waals surface area (Å²) in [5, 5.41) is 3.45. The highest BCUT2D eigenvalue weighted by Gasteiger charge is 2.13. The van der Waals surface area contributed by atoms with Crippen molar-refractivity contribution in [1.82, 2.24) is 5.32 Å². The average Bonchev–Trinajstić information content (AvgIpc) is 2.17. The maximum absolute atomic E-state index is 3.45. The van der Waals surface area contributed by atoms with Crippen molar-refractivity contribution in [2.75, 3.05) is 0 Å². The SMILES string of the molecule is Cc1cc(CNC(C)C)ccc1SC(C)(C)C. The highest BCUT2D eigenvalue weighted by atomic mass is 32.2. The lowest BCUT2D eigenvalue weighted by Crippen LogP contribution is -2.21. The van der Waals surface area contributed by atoms with E-state index in [2.05, 4.69) is 65.1 Å². The molecule has 0 aliphatic heterocycles. The van der Waals surface area contributed by atoms with Gasteiger partial charge in [0.25, 0.3) is 0 Å². The summed E-state index contributed by atoms with van der Waals surface area (Å²) >= 11 is 1.94. The molecule has 0 aliphatic rings. The largest absolute Gasteiger partial charge is 0.310 e. The fourth-order valence-electron chi connectivity index (χ4n) is 1.59. The van der Waals surface area contributed by atoms with Crippen LogP contribution in [0.25, 0.3) is 0 Å². The van der Waals surface area contributed by atoms with Gasteiger partial charge in [0.2, 0.25) is 0 Å². The van der Waals surface area contributed by atoms with Crippen LogP contribution in [0.4, 0.5) is 0 Å². The molecule has 0 saturated heterocycles. The molecule has 0 radical (unpaired) electrons. The van der Waals surface area contributed by atoms with Crippen LogP contribution in [-0.2, 0) is 6.54 Å². The topological polar surface area (TPSA) is 12.0 Å². The van der Waals surface area contributed by atoms with Gasteiger partial charge in [-0.1, -0.05) is 46.8 Å². The van der Waals surface area contributed by atoms with Crippen LogP contribution >= 0.6 is 11.8 Å². The molecule has 0 aliphatic carbocycles. The van der Waals surface area contributed by atoms with Gasteiger partial charge in [0.15, 0.2) is 0 Å². The minimum absolute atomic E-state index is 0.280. The summed E-state index contributed by atoms with van der Waals surface area (Å²) in [6, 6.07) is 7.32. The van der Waals surface area contributed by atoms with Crippen molar-refractivity contribution in [2.24, 2.45) is 0 Å². The second-order valence-electron chi connectivity index (χ2n) is 5.85. The van der Waals surface area contributed by atoms with Crippen LogP contribution in [-0.4, -0.2) is 10.8 Å². The lowest BCUT2D eigenvalue weighted by Gasteiger charge is -2.19. The molecule has 0 atom stereocenters. The van der Waals surface area contributed by atoms with Crippen molar-refractivity contribution in [1.29, 1.82) is 0 Å². The van der Waals surface area contributed by atoms with E-state index in [1.54, 1.807) is 0 Å². The first-order chi connectivity index (χ1) is 7.78. The molecule has 0 unspecified atom stereocenters. The Hall–Kier alpha value is -0.470. The third-order valence-electron chi connectivity index (χ3n) is 2.37. The minimum atomic E-state index is 0.280. The van der Waals surface area contributed by atoms with Gasteiger partial charge in [0.1, 0.15) is 0 Å². The highest BCUT2D eigenvalue weighted by Crippen LogP contribution is 2.34. The van der Waals surface area contributed by atoms with Crippen molar-refractivity contribution in [2.45, 2.75) is 63.8 Å². The quantitative estimate of drug-likeness (QED) is 0.797. The van der Waals surface area contributed by atoms with E-state index in [9.17, 15) is 0 Å². The Balaban J connectivity index is 2.72. The van der Waals surface area contributed by atoms with E-state index in [1.807, 2.05) is 11.8 Å². The molecule has 0 bridgehead atoms. The molecular formula is C15H25NS. The van der Waals surface area contributed by atoms with Crippen LogP contribution in [0.5, 0.6) is 0 Å². The number of benzene rings is 1. The Morgan fingerprint density at radius 3 is 2.35 bits per heavy atom. The van der Waals surface area contributed by atoms with Crippen LogP contribution in [0.2, 0.25) is 0 Å². The smallest absolute Gasteiger partial charge is 0.0207 e. The van der Waals surface area contributed by atoms with E-state index >= 15 is 0 Å². The van der Waals surface area contributed by atoms with Crippen molar-refractivity contribution in [3.05, 3.63) is 29.3 Å². The number of rotatable bonds is 4. The Bertz CT molecular complexity index is 364. The first kappa shape index (κ1) is 14.6. The molecule has 0 amide bonds. The molecule has 1 N–H and O–H groups in total. The number of hydrogen-bond acceptors (Lipinski definition) is 2. The zero-order valence-electron chi connectivity index (χ0n) is 11.9. The van der Waals surface area contributed by atoms with E-state index in [0.717, 1.165) is 6.54 Å². The lowest BCUT2D eigenvalue weighted by atomic mass is 10.1. The maximum Gasteiger partial charge on any atom is 0.0207 e. The molecule has 2 heteroatoms. The molecule has 1 aromatic rings. The van der Waals surface area contributed by atoms with Gasteiger partial charge in [-0.2, -0.15) is 0 Å². The van der Waals surface area contributed by atoms with Crippen LogP contribution in [0.15, 0.2) is 23.1 Å². The Morgan fingerprint density at radius 1 is 1.24 bits per heavy atom. The number of thioether (sulfide) groups is 1. The molecule has 0 heterocycles. The molecular weight excluding hydrogens is 226 g/mol. The maximum atomic E-state index is 3.45. The van der Waals surface area contributed by atoms with Gasteiger partial charge >= 0.3 is 0 Å². The summed E-state index contributed by atoms with van der Waals surface area (Å²) in [7, 11) is 0. The predicted octanol–water partition coefficient (Wildman–Crippen LogP) is 4.38. The molecule has 1 rings (SSSR count). The standard InChI is InChI=1S/C15H25NS/c1-11(2)16-10-13-7-8-14(12(3)9-13)17-15(4,5)6/h7-9,11,16H,10H2,1-6H3. The average molecular weight is 251 g/mol. The molecule has 1 nitrogen and oxygen atoms in total. The second kappa shape index (κ2) is 5.92. The molecule has 0 aromatic heterocycles. The normalized spacial score (nSPS) is 12.2. The van der Waals surface area contributed by atoms with E-state index in [-0.39, 0.29) is 4.75 Å². The molecule has 1 aromatic carbocycles. The predicted molar refractivity (Wildman–Crippen MR) is 78.8 cm³/mol. The van der Waals surface area contributed by atoms with Crippen LogP contribution < -0.4 is 5.32 Å². The Labute approximate surface area is 110 Å². The fraction of sp³-hybridized carbons (Fsp3) is 0.600. The molecule has 0 spiro atoms. The third kappa shape index (κ3) is 5.60. The van der Waals surface area contributed by atoms with E-state index < -0.39 is 0 Å². The van der Waals surface area contributed by atoms with E-state index in [0.29, 0.717) is 6.04 Å². The molecule has 0 saturated carbocycles. The van der Waals surface area contributed by atoms with Crippen molar-refractivity contribution in [3.63, 3.8) is 0 Å². The number of nitrogens with one attached hydrogen (secondary N) is 1. The molecule has 96 valence electrons. The molecule has 17 heavy (non-hydrogen) atoms. The van der Waals surface area contributed by atoms with Crippen molar-refractivity contribution in [3.8, 4) is 0 Å². The summed E-state index contributed by atoms with van der Waals surface area (Å²) in [4.78, 5) is 1.39. The third-order valence-corrected chi connectivity index (χ3v) is 3.66. The first-order valence-electron chi connectivity index (χ1n) is 6.30. The zero-order valence-corrected chi connectivity index (χ0v) is 12.7. The van der Waals surface area contributed by atoms with Crippen LogP contribution in [0.3, 0.4) is 0 Å². The summed E-state index contributed by atoms with van der Waals surface area (Å²) in [6.45, 7) is 14.3. The highest BCUT2D eigenvalue weighted by molar-refractivity contribution is 8.00. The van der Waals surface area contributed by atoms with Crippen LogP contribution in [0, 0.1) is 6.92 Å².